The van der Waals surface area contributed by atoms with Crippen LogP contribution < -0.4 is 20.9 Å². The molecule has 6 aromatic rings. The van der Waals surface area contributed by atoms with Gasteiger partial charge in [-0.1, -0.05) is 91.0 Å². The molecule has 10 nitrogen and oxygen atoms in total. The second-order valence-corrected chi connectivity index (χ2v) is 15.1. The summed E-state index contributed by atoms with van der Waals surface area (Å²) in [5.74, 6) is 1.14. The number of aliphatic hydroxyl groups excluding tert-OH is 1. The number of aromatic hydroxyl groups is 1. The summed E-state index contributed by atoms with van der Waals surface area (Å²) in [4.78, 5) is 30.0. The number of hydrogen-bond donors (Lipinski definition) is 5. The average molecular weight is 765 g/mol. The van der Waals surface area contributed by atoms with Gasteiger partial charge in [0.05, 0.1) is 24.3 Å². The monoisotopic (exact) mass is 764 g/mol. The van der Waals surface area contributed by atoms with Crippen LogP contribution in [0.15, 0.2) is 132 Å². The fraction of sp³-hybridized carbons (Fsp3) is 0.277. The Kier molecular flexibility index (Phi) is 11.6. The predicted molar refractivity (Wildman–Crippen MR) is 221 cm³/mol. The van der Waals surface area contributed by atoms with E-state index in [-0.39, 0.29) is 23.5 Å². The molecule has 3 aliphatic heterocycles. The van der Waals surface area contributed by atoms with Crippen molar-refractivity contribution in [2.45, 2.75) is 44.1 Å². The Balaban J connectivity index is 0.844. The highest BCUT2D eigenvalue weighted by Gasteiger charge is 2.37. The molecule has 0 radical (unpaired) electrons. The largest absolute Gasteiger partial charge is 0.506 e. The van der Waals surface area contributed by atoms with Gasteiger partial charge in [0, 0.05) is 37.5 Å². The number of nitrogens with zero attached hydrogens (tertiary/aromatic N) is 1. The van der Waals surface area contributed by atoms with Crippen molar-refractivity contribution in [3.05, 3.63) is 166 Å². The second kappa shape index (κ2) is 17.5. The molecule has 3 saturated heterocycles. The molecule has 10 heteroatoms. The number of alkyl carbamates (subject to hydrolysis) is 1. The zero-order valence-corrected chi connectivity index (χ0v) is 31.8. The van der Waals surface area contributed by atoms with Crippen LogP contribution in [0, 0.1) is 5.92 Å². The van der Waals surface area contributed by atoms with Crippen molar-refractivity contribution in [2.75, 3.05) is 32.8 Å². The second-order valence-electron chi connectivity index (χ2n) is 15.1. The first-order valence-electron chi connectivity index (χ1n) is 19.8. The number of phenols is 1. The quantitative estimate of drug-likeness (QED) is 0.0783. The van der Waals surface area contributed by atoms with Crippen LogP contribution in [-0.4, -0.2) is 65.1 Å². The molecule has 1 aromatic heterocycles. The number of H-pyrrole nitrogens is 1. The van der Waals surface area contributed by atoms with Gasteiger partial charge in [0.1, 0.15) is 17.6 Å². The molecule has 3 unspecified atom stereocenters. The van der Waals surface area contributed by atoms with Crippen molar-refractivity contribution in [1.82, 2.24) is 20.5 Å². The molecule has 3 fully saturated rings. The summed E-state index contributed by atoms with van der Waals surface area (Å²) in [6.07, 6.45) is 1.61. The summed E-state index contributed by atoms with van der Waals surface area (Å²) in [6.45, 7) is 4.35. The van der Waals surface area contributed by atoms with E-state index < -0.39 is 12.2 Å². The molecule has 1 amide bonds. The first-order chi connectivity index (χ1) is 27.9. The van der Waals surface area contributed by atoms with Gasteiger partial charge in [-0.2, -0.15) is 0 Å². The molecular weight excluding hydrogens is 717 g/mol. The van der Waals surface area contributed by atoms with Crippen molar-refractivity contribution in [1.29, 1.82) is 0 Å². The smallest absolute Gasteiger partial charge is 0.408 e. The highest BCUT2D eigenvalue weighted by Crippen LogP contribution is 2.32. The van der Waals surface area contributed by atoms with Gasteiger partial charge in [-0.05, 0) is 101 Å². The number of amides is 1. The van der Waals surface area contributed by atoms with Gasteiger partial charge in [-0.3, -0.25) is 9.69 Å². The van der Waals surface area contributed by atoms with E-state index in [0.29, 0.717) is 42.1 Å². The number of carbonyl (C=O) groups excluding carboxylic acids is 1. The fourth-order valence-electron chi connectivity index (χ4n) is 8.15. The minimum absolute atomic E-state index is 0.0341. The number of aromatic nitrogens is 1. The zero-order chi connectivity index (χ0) is 39.1. The van der Waals surface area contributed by atoms with Crippen LogP contribution in [0.1, 0.15) is 52.8 Å². The normalized spacial score (nSPS) is 18.5. The Morgan fingerprint density at radius 1 is 0.825 bits per heavy atom. The molecule has 57 heavy (non-hydrogen) atoms. The lowest BCUT2D eigenvalue weighted by molar-refractivity contribution is -0.0336. The molecule has 9 rings (SSSR count). The maximum Gasteiger partial charge on any atom is 0.408 e. The maximum atomic E-state index is 13.2. The van der Waals surface area contributed by atoms with Crippen LogP contribution in [0.25, 0.3) is 22.0 Å². The summed E-state index contributed by atoms with van der Waals surface area (Å²) in [7, 11) is 0. The Bertz CT molecular complexity index is 2360. The van der Waals surface area contributed by atoms with Gasteiger partial charge < -0.3 is 35.3 Å². The van der Waals surface area contributed by atoms with E-state index in [0.717, 1.165) is 78.0 Å². The van der Waals surface area contributed by atoms with Crippen LogP contribution in [0.5, 0.6) is 11.5 Å². The molecule has 3 atom stereocenters. The molecule has 4 heterocycles. The molecule has 292 valence electrons. The van der Waals surface area contributed by atoms with Crippen LogP contribution in [0.4, 0.5) is 4.79 Å². The average Bonchev–Trinajstić information content (AvgIpc) is 3.24. The minimum Gasteiger partial charge on any atom is -0.506 e. The summed E-state index contributed by atoms with van der Waals surface area (Å²) in [6, 6.07) is 40.5. The third-order valence-electron chi connectivity index (χ3n) is 11.2. The van der Waals surface area contributed by atoms with Crippen molar-refractivity contribution in [2.24, 2.45) is 5.92 Å². The predicted octanol–water partition coefficient (Wildman–Crippen LogP) is 7.26. The lowest BCUT2D eigenvalue weighted by Gasteiger charge is -2.43. The Labute approximate surface area is 332 Å². The van der Waals surface area contributed by atoms with E-state index in [1.807, 2.05) is 66.7 Å². The first-order valence-corrected chi connectivity index (χ1v) is 19.8. The van der Waals surface area contributed by atoms with E-state index >= 15 is 0 Å². The summed E-state index contributed by atoms with van der Waals surface area (Å²) >= 11 is 0. The number of ether oxygens (including phenoxy) is 2. The summed E-state index contributed by atoms with van der Waals surface area (Å²) in [5.41, 5.74) is 6.96. The molecular formula is C47H48N4O6. The molecule has 0 aliphatic carbocycles. The van der Waals surface area contributed by atoms with E-state index in [1.54, 1.807) is 12.1 Å². The molecule has 5 aromatic carbocycles. The lowest BCUT2D eigenvalue weighted by Crippen LogP contribution is -2.52. The van der Waals surface area contributed by atoms with Gasteiger partial charge in [0.15, 0.2) is 0 Å². The van der Waals surface area contributed by atoms with Crippen molar-refractivity contribution in [3.8, 4) is 22.6 Å². The number of fused-ring (bicyclic) bond motifs is 4. The SMILES string of the molecule is O=C(NC(c1ccccc1)c1cccc(OCCc2ccc(-c3cccc(CNCC(O)c4ccc(O)c5[nH]c(=O)ccc45)c3)cc2)c1)OC1CN2CCC1CC2. The highest BCUT2D eigenvalue weighted by molar-refractivity contribution is 5.87. The molecule has 2 bridgehead atoms. The van der Waals surface area contributed by atoms with E-state index in [1.165, 1.54) is 12.1 Å². The third kappa shape index (κ3) is 9.21. The number of benzene rings is 5. The number of rotatable bonds is 14. The van der Waals surface area contributed by atoms with Gasteiger partial charge in [-0.15, -0.1) is 0 Å². The number of nitrogens with one attached hydrogen (secondary N) is 3. The van der Waals surface area contributed by atoms with Crippen molar-refractivity contribution < 1.29 is 24.5 Å². The van der Waals surface area contributed by atoms with Crippen LogP contribution in [0.3, 0.4) is 0 Å². The van der Waals surface area contributed by atoms with E-state index in [9.17, 15) is 19.8 Å². The molecule has 3 aliphatic rings. The third-order valence-corrected chi connectivity index (χ3v) is 11.2. The fourth-order valence-corrected chi connectivity index (χ4v) is 8.15. The first kappa shape index (κ1) is 38.0. The molecule has 5 N–H and O–H groups in total. The minimum atomic E-state index is -0.832. The maximum absolute atomic E-state index is 13.2. The summed E-state index contributed by atoms with van der Waals surface area (Å²) < 4.78 is 12.2. The van der Waals surface area contributed by atoms with E-state index in [2.05, 4.69) is 56.9 Å². The van der Waals surface area contributed by atoms with Crippen molar-refractivity contribution in [3.63, 3.8) is 0 Å². The lowest BCUT2D eigenvalue weighted by atomic mass is 9.86. The number of aliphatic hydroxyl groups is 1. The topological polar surface area (TPSA) is 136 Å². The number of phenolic OH excluding ortho intramolecular Hbond substituents is 1. The Hall–Kier alpha value is -5.94. The number of aromatic amines is 1. The van der Waals surface area contributed by atoms with Gasteiger partial charge >= 0.3 is 6.09 Å². The Morgan fingerprint density at radius 2 is 1.61 bits per heavy atom. The molecule has 0 spiro atoms. The van der Waals surface area contributed by atoms with Gasteiger partial charge in [-0.25, -0.2) is 4.79 Å². The number of carbonyl (C=O) groups is 1. The summed E-state index contributed by atoms with van der Waals surface area (Å²) in [5, 5.41) is 28.2. The van der Waals surface area contributed by atoms with Crippen LogP contribution in [0.2, 0.25) is 0 Å². The number of pyridine rings is 1. The number of piperidine rings is 3. The van der Waals surface area contributed by atoms with E-state index in [4.69, 9.17) is 9.47 Å². The highest BCUT2D eigenvalue weighted by atomic mass is 16.6. The van der Waals surface area contributed by atoms with Crippen LogP contribution >= 0.6 is 0 Å². The van der Waals surface area contributed by atoms with Gasteiger partial charge in [0.25, 0.3) is 0 Å². The van der Waals surface area contributed by atoms with Crippen LogP contribution in [-0.2, 0) is 17.7 Å². The van der Waals surface area contributed by atoms with Gasteiger partial charge in [0.2, 0.25) is 5.56 Å². The zero-order valence-electron chi connectivity index (χ0n) is 31.8. The van der Waals surface area contributed by atoms with Crippen molar-refractivity contribution >= 4 is 17.0 Å². The molecule has 0 saturated carbocycles. The standard InChI is InChI=1S/C47H48N4O6/c52-41-18-16-39(40-17-19-44(54)49-46(40)41)42(53)29-48-28-32-6-4-9-36(26-32)33-14-12-31(13-15-33)22-25-56-38-11-5-10-37(27-38)45(35-7-2-1-3-8-35)50-47(55)57-43-30-51-23-20-34(43)21-24-51/h1-19,26-27,34,42-43,45,48,52-53H,20-25,28-30H2,(H,49,54)(H,50,55). The Morgan fingerprint density at radius 3 is 2.40 bits per heavy atom. The number of hydrogen-bond acceptors (Lipinski definition) is 8.